The Hall–Kier alpha value is -1.94. The van der Waals surface area contributed by atoms with Gasteiger partial charge in [-0.3, -0.25) is 4.79 Å². The van der Waals surface area contributed by atoms with Crippen molar-refractivity contribution in [1.82, 2.24) is 15.1 Å². The molecule has 0 saturated carbocycles. The van der Waals surface area contributed by atoms with Crippen LogP contribution >= 0.6 is 0 Å². The van der Waals surface area contributed by atoms with E-state index in [1.165, 1.54) is 26.9 Å². The lowest BCUT2D eigenvalue weighted by Gasteiger charge is -2.23. The van der Waals surface area contributed by atoms with Crippen molar-refractivity contribution < 1.29 is 0 Å². The van der Waals surface area contributed by atoms with Gasteiger partial charge in [0.25, 0.3) is 5.56 Å². The van der Waals surface area contributed by atoms with Crippen LogP contribution in [-0.2, 0) is 6.54 Å². The molecule has 0 fully saturated rings. The topological polar surface area (TPSA) is 46.9 Å². The SMILES string of the molecule is CCNC(Cn1ncccc1=O)c1c(C)cc(C)cc1C. The molecule has 1 atom stereocenters. The van der Waals surface area contributed by atoms with E-state index in [1.807, 2.05) is 0 Å². The van der Waals surface area contributed by atoms with E-state index < -0.39 is 0 Å². The van der Waals surface area contributed by atoms with Crippen molar-refractivity contribution in [3.8, 4) is 0 Å². The molecule has 1 heterocycles. The number of hydrogen-bond donors (Lipinski definition) is 1. The molecule has 112 valence electrons. The third-order valence-corrected chi connectivity index (χ3v) is 3.68. The second-order valence-electron chi connectivity index (χ2n) is 5.47. The average molecular weight is 285 g/mol. The van der Waals surface area contributed by atoms with Gasteiger partial charge in [-0.1, -0.05) is 24.6 Å². The average Bonchev–Trinajstić information content (AvgIpc) is 2.40. The molecule has 2 aromatic rings. The molecule has 0 aliphatic heterocycles. The van der Waals surface area contributed by atoms with Gasteiger partial charge in [-0.25, -0.2) is 4.68 Å². The molecule has 1 aromatic carbocycles. The predicted molar refractivity (Wildman–Crippen MR) is 85.6 cm³/mol. The van der Waals surface area contributed by atoms with E-state index in [-0.39, 0.29) is 11.6 Å². The summed E-state index contributed by atoms with van der Waals surface area (Å²) < 4.78 is 1.52. The predicted octanol–water partition coefficient (Wildman–Crippen LogP) is 2.52. The van der Waals surface area contributed by atoms with Crippen molar-refractivity contribution >= 4 is 0 Å². The first-order valence-electron chi connectivity index (χ1n) is 7.36. The van der Waals surface area contributed by atoms with E-state index in [1.54, 1.807) is 18.3 Å². The number of nitrogens with zero attached hydrogens (tertiary/aromatic N) is 2. The Bertz CT molecular complexity index is 653. The zero-order chi connectivity index (χ0) is 15.4. The van der Waals surface area contributed by atoms with Gasteiger partial charge in [-0.2, -0.15) is 5.10 Å². The standard InChI is InChI=1S/C17H23N3O/c1-5-18-15(11-20-16(21)7-6-8-19-20)17-13(3)9-12(2)10-14(17)4/h6-10,15,18H,5,11H2,1-4H3. The fourth-order valence-corrected chi connectivity index (χ4v) is 2.94. The zero-order valence-corrected chi connectivity index (χ0v) is 13.2. The molecular formula is C17H23N3O. The Morgan fingerprint density at radius 2 is 1.90 bits per heavy atom. The molecule has 2 rings (SSSR count). The van der Waals surface area contributed by atoms with Crippen molar-refractivity contribution in [1.29, 1.82) is 0 Å². The molecule has 0 amide bonds. The van der Waals surface area contributed by atoms with E-state index in [0.717, 1.165) is 6.54 Å². The third-order valence-electron chi connectivity index (χ3n) is 3.68. The summed E-state index contributed by atoms with van der Waals surface area (Å²) in [6.07, 6.45) is 1.65. The van der Waals surface area contributed by atoms with E-state index in [2.05, 4.69) is 50.2 Å². The summed E-state index contributed by atoms with van der Waals surface area (Å²) in [5.41, 5.74) is 4.96. The van der Waals surface area contributed by atoms with Gasteiger partial charge in [-0.05, 0) is 50.1 Å². The highest BCUT2D eigenvalue weighted by molar-refractivity contribution is 5.39. The molecule has 0 spiro atoms. The van der Waals surface area contributed by atoms with Gasteiger partial charge >= 0.3 is 0 Å². The maximum atomic E-state index is 11.9. The summed E-state index contributed by atoms with van der Waals surface area (Å²) in [6, 6.07) is 7.68. The minimum atomic E-state index is -0.0668. The summed E-state index contributed by atoms with van der Waals surface area (Å²) in [7, 11) is 0. The minimum Gasteiger partial charge on any atom is -0.309 e. The molecule has 1 unspecified atom stereocenters. The van der Waals surface area contributed by atoms with Crippen molar-refractivity contribution in [2.75, 3.05) is 6.54 Å². The van der Waals surface area contributed by atoms with Gasteiger partial charge in [0, 0.05) is 12.3 Å². The molecule has 1 aromatic heterocycles. The van der Waals surface area contributed by atoms with Crippen LogP contribution in [0.4, 0.5) is 0 Å². The lowest BCUT2D eigenvalue weighted by Crippen LogP contribution is -2.32. The van der Waals surface area contributed by atoms with Crippen LogP contribution in [0.25, 0.3) is 0 Å². The highest BCUT2D eigenvalue weighted by Gasteiger charge is 2.17. The fraction of sp³-hybridized carbons (Fsp3) is 0.412. The number of aromatic nitrogens is 2. The molecule has 0 bridgehead atoms. The lowest BCUT2D eigenvalue weighted by molar-refractivity contribution is 0.431. The van der Waals surface area contributed by atoms with Crippen molar-refractivity contribution in [2.24, 2.45) is 0 Å². The molecule has 0 saturated heterocycles. The number of benzene rings is 1. The minimum absolute atomic E-state index is 0.0668. The Kier molecular flexibility index (Phi) is 4.91. The maximum Gasteiger partial charge on any atom is 0.266 e. The van der Waals surface area contributed by atoms with E-state index in [4.69, 9.17) is 0 Å². The Labute approximate surface area is 125 Å². The first-order valence-corrected chi connectivity index (χ1v) is 7.36. The van der Waals surface area contributed by atoms with Crippen LogP contribution in [0.5, 0.6) is 0 Å². The largest absolute Gasteiger partial charge is 0.309 e. The first-order chi connectivity index (χ1) is 10.0. The molecule has 4 nitrogen and oxygen atoms in total. The van der Waals surface area contributed by atoms with Crippen molar-refractivity contribution in [3.63, 3.8) is 0 Å². The molecule has 21 heavy (non-hydrogen) atoms. The zero-order valence-electron chi connectivity index (χ0n) is 13.2. The molecule has 0 radical (unpaired) electrons. The third kappa shape index (κ3) is 3.58. The van der Waals surface area contributed by atoms with Crippen LogP contribution in [0.3, 0.4) is 0 Å². The maximum absolute atomic E-state index is 11.9. The highest BCUT2D eigenvalue weighted by atomic mass is 16.1. The summed E-state index contributed by atoms with van der Waals surface area (Å²) in [5.74, 6) is 0. The van der Waals surface area contributed by atoms with Gasteiger partial charge < -0.3 is 5.32 Å². The first kappa shape index (κ1) is 15.4. The highest BCUT2D eigenvalue weighted by Crippen LogP contribution is 2.24. The Morgan fingerprint density at radius 1 is 1.24 bits per heavy atom. The molecule has 0 aliphatic carbocycles. The van der Waals surface area contributed by atoms with Crippen LogP contribution in [0.2, 0.25) is 0 Å². The molecular weight excluding hydrogens is 262 g/mol. The monoisotopic (exact) mass is 285 g/mol. The number of nitrogens with one attached hydrogen (secondary N) is 1. The fourth-order valence-electron chi connectivity index (χ4n) is 2.94. The smallest absolute Gasteiger partial charge is 0.266 e. The Morgan fingerprint density at radius 3 is 2.48 bits per heavy atom. The van der Waals surface area contributed by atoms with E-state index >= 15 is 0 Å². The number of hydrogen-bond acceptors (Lipinski definition) is 3. The summed E-state index contributed by atoms with van der Waals surface area (Å²) in [5, 5.41) is 7.64. The number of aryl methyl sites for hydroxylation is 3. The van der Waals surface area contributed by atoms with Crippen molar-refractivity contribution in [2.45, 2.75) is 40.3 Å². The van der Waals surface area contributed by atoms with Crippen LogP contribution in [0, 0.1) is 20.8 Å². The van der Waals surface area contributed by atoms with E-state index in [9.17, 15) is 4.79 Å². The Balaban J connectivity index is 2.40. The molecule has 1 N–H and O–H groups in total. The normalized spacial score (nSPS) is 12.4. The van der Waals surface area contributed by atoms with Gasteiger partial charge in [0.1, 0.15) is 0 Å². The summed E-state index contributed by atoms with van der Waals surface area (Å²) in [4.78, 5) is 11.9. The second-order valence-corrected chi connectivity index (χ2v) is 5.47. The molecule has 4 heteroatoms. The molecule has 0 aliphatic rings. The van der Waals surface area contributed by atoms with E-state index in [0.29, 0.717) is 6.54 Å². The van der Waals surface area contributed by atoms with Crippen LogP contribution < -0.4 is 10.9 Å². The summed E-state index contributed by atoms with van der Waals surface area (Å²) in [6.45, 7) is 9.82. The van der Waals surface area contributed by atoms with Crippen LogP contribution in [0.15, 0.2) is 35.3 Å². The second kappa shape index (κ2) is 6.68. The van der Waals surface area contributed by atoms with Crippen LogP contribution in [0.1, 0.15) is 35.2 Å². The number of rotatable bonds is 5. The van der Waals surface area contributed by atoms with Gasteiger partial charge in [0.15, 0.2) is 0 Å². The number of likely N-dealkylation sites (N-methyl/N-ethyl adjacent to an activating group) is 1. The van der Waals surface area contributed by atoms with Crippen LogP contribution in [-0.4, -0.2) is 16.3 Å². The summed E-state index contributed by atoms with van der Waals surface area (Å²) >= 11 is 0. The van der Waals surface area contributed by atoms with Gasteiger partial charge in [-0.15, -0.1) is 0 Å². The van der Waals surface area contributed by atoms with Crippen molar-refractivity contribution in [3.05, 3.63) is 63.1 Å². The van der Waals surface area contributed by atoms with Gasteiger partial charge in [0.2, 0.25) is 0 Å². The lowest BCUT2D eigenvalue weighted by atomic mass is 9.94. The van der Waals surface area contributed by atoms with Gasteiger partial charge in [0.05, 0.1) is 12.6 Å². The quantitative estimate of drug-likeness (QED) is 0.918.